The first-order valence-corrected chi connectivity index (χ1v) is 7.34. The summed E-state index contributed by atoms with van der Waals surface area (Å²) in [5.74, 6) is -1.71. The summed E-state index contributed by atoms with van der Waals surface area (Å²) in [5.41, 5.74) is 1.47. The third kappa shape index (κ3) is 2.10. The number of carbonyl (C=O) groups is 4. The van der Waals surface area contributed by atoms with Gasteiger partial charge in [0, 0.05) is 22.3 Å². The number of hydrogen-bond donors (Lipinski definition) is 0. The molecule has 0 unspecified atom stereocenters. The van der Waals surface area contributed by atoms with E-state index >= 15 is 0 Å². The van der Waals surface area contributed by atoms with Gasteiger partial charge in [-0.1, -0.05) is 13.3 Å². The van der Waals surface area contributed by atoms with Crippen LogP contribution in [0.2, 0.25) is 0 Å². The van der Waals surface area contributed by atoms with Crippen molar-refractivity contribution in [3.05, 3.63) is 22.3 Å². The van der Waals surface area contributed by atoms with Crippen molar-refractivity contribution in [1.82, 2.24) is 9.80 Å². The molecule has 0 N–H and O–H groups in total. The average molecular weight is 304 g/mol. The predicted molar refractivity (Wildman–Crippen MR) is 79.2 cm³/mol. The maximum atomic E-state index is 12.4. The molecule has 0 saturated heterocycles. The van der Waals surface area contributed by atoms with E-state index in [0.717, 1.165) is 9.80 Å². The van der Waals surface area contributed by atoms with Crippen LogP contribution in [0.3, 0.4) is 0 Å². The third-order valence-corrected chi connectivity index (χ3v) is 4.43. The maximum Gasteiger partial charge on any atom is 0.258 e. The molecule has 6 nitrogen and oxygen atoms in total. The third-order valence-electron chi connectivity index (χ3n) is 4.43. The molecule has 2 heterocycles. The first-order valence-electron chi connectivity index (χ1n) is 7.34. The zero-order valence-corrected chi connectivity index (χ0v) is 13.5. The van der Waals surface area contributed by atoms with Gasteiger partial charge in [-0.3, -0.25) is 29.0 Å². The number of amides is 4. The molecule has 0 fully saturated rings. The first-order chi connectivity index (χ1) is 10.2. The first kappa shape index (κ1) is 16.1. The number of nitrogens with zero attached hydrogens (tertiary/aromatic N) is 2. The molecular weight excluding hydrogens is 284 g/mol. The summed E-state index contributed by atoms with van der Waals surface area (Å²) in [7, 11) is 0. The van der Waals surface area contributed by atoms with E-state index in [0.29, 0.717) is 35.1 Å². The van der Waals surface area contributed by atoms with Gasteiger partial charge in [-0.15, -0.1) is 0 Å². The van der Waals surface area contributed by atoms with Crippen molar-refractivity contribution in [1.29, 1.82) is 0 Å². The van der Waals surface area contributed by atoms with Gasteiger partial charge < -0.3 is 0 Å². The van der Waals surface area contributed by atoms with Crippen LogP contribution in [0.25, 0.3) is 0 Å². The van der Waals surface area contributed by atoms with Gasteiger partial charge in [0.2, 0.25) is 0 Å². The van der Waals surface area contributed by atoms with Crippen molar-refractivity contribution in [2.24, 2.45) is 0 Å². The highest BCUT2D eigenvalue weighted by Gasteiger charge is 2.46. The minimum Gasteiger partial charge on any atom is -0.269 e. The Balaban J connectivity index is 2.42. The van der Waals surface area contributed by atoms with Crippen molar-refractivity contribution in [3.63, 3.8) is 0 Å². The maximum absolute atomic E-state index is 12.4. The van der Waals surface area contributed by atoms with Crippen molar-refractivity contribution < 1.29 is 19.2 Å². The van der Waals surface area contributed by atoms with E-state index < -0.39 is 29.8 Å². The SMILES string of the molecule is CCCC(N1C(=O)C(C)=C(C)C1=O)N1C(=O)C(C)=C(C)C1=O. The Labute approximate surface area is 129 Å². The summed E-state index contributed by atoms with van der Waals surface area (Å²) in [5, 5.41) is 0. The highest BCUT2D eigenvalue weighted by molar-refractivity contribution is 6.22. The van der Waals surface area contributed by atoms with Gasteiger partial charge in [0.1, 0.15) is 6.17 Å². The standard InChI is InChI=1S/C16H20N2O4/c1-6-7-12(17-13(19)8(2)9(3)14(17)20)18-15(21)10(4)11(5)16(18)22/h12H,6-7H2,1-5H3. The topological polar surface area (TPSA) is 74.8 Å². The van der Waals surface area contributed by atoms with Gasteiger partial charge in [0.15, 0.2) is 0 Å². The molecule has 0 aromatic carbocycles. The summed E-state index contributed by atoms with van der Waals surface area (Å²) in [4.78, 5) is 51.5. The molecule has 0 atom stereocenters. The molecule has 0 aromatic rings. The number of hydrogen-bond acceptors (Lipinski definition) is 4. The molecule has 2 aliphatic heterocycles. The average Bonchev–Trinajstić information content (AvgIpc) is 2.79. The largest absolute Gasteiger partial charge is 0.269 e. The lowest BCUT2D eigenvalue weighted by Gasteiger charge is -2.33. The van der Waals surface area contributed by atoms with Crippen LogP contribution in [-0.4, -0.2) is 39.6 Å². The molecule has 6 heteroatoms. The molecule has 0 aromatic heterocycles. The van der Waals surface area contributed by atoms with E-state index in [1.807, 2.05) is 6.92 Å². The minimum atomic E-state index is -0.857. The van der Waals surface area contributed by atoms with Crippen LogP contribution in [0, 0.1) is 0 Å². The predicted octanol–water partition coefficient (Wildman–Crippen LogP) is 1.52. The minimum absolute atomic E-state index is 0.367. The van der Waals surface area contributed by atoms with Crippen molar-refractivity contribution >= 4 is 23.6 Å². The Morgan fingerprint density at radius 2 is 0.955 bits per heavy atom. The lowest BCUT2D eigenvalue weighted by Crippen LogP contribution is -2.54. The van der Waals surface area contributed by atoms with Gasteiger partial charge >= 0.3 is 0 Å². The Bertz CT molecular complexity index is 555. The molecule has 0 spiro atoms. The quantitative estimate of drug-likeness (QED) is 0.738. The van der Waals surface area contributed by atoms with Crippen LogP contribution in [0.1, 0.15) is 47.5 Å². The number of imide groups is 2. The van der Waals surface area contributed by atoms with Gasteiger partial charge in [0.05, 0.1) is 0 Å². The number of rotatable bonds is 4. The molecule has 0 saturated carbocycles. The van der Waals surface area contributed by atoms with Crippen LogP contribution in [0.4, 0.5) is 0 Å². The van der Waals surface area contributed by atoms with E-state index in [4.69, 9.17) is 0 Å². The van der Waals surface area contributed by atoms with E-state index in [1.54, 1.807) is 27.7 Å². The van der Waals surface area contributed by atoms with E-state index in [2.05, 4.69) is 0 Å². The van der Waals surface area contributed by atoms with Crippen LogP contribution in [0.15, 0.2) is 22.3 Å². The van der Waals surface area contributed by atoms with Gasteiger partial charge in [-0.05, 0) is 34.1 Å². The van der Waals surface area contributed by atoms with Gasteiger partial charge in [-0.25, -0.2) is 0 Å². The molecular formula is C16H20N2O4. The zero-order valence-electron chi connectivity index (χ0n) is 13.5. The fourth-order valence-corrected chi connectivity index (χ4v) is 2.72. The fraction of sp³-hybridized carbons (Fsp3) is 0.500. The Morgan fingerprint density at radius 1 is 0.682 bits per heavy atom. The van der Waals surface area contributed by atoms with Gasteiger partial charge in [-0.2, -0.15) is 0 Å². The van der Waals surface area contributed by atoms with Crippen molar-refractivity contribution in [3.8, 4) is 0 Å². The van der Waals surface area contributed by atoms with Crippen LogP contribution >= 0.6 is 0 Å². The molecule has 2 rings (SSSR count). The monoisotopic (exact) mass is 304 g/mol. The molecule has 4 amide bonds. The highest BCUT2D eigenvalue weighted by atomic mass is 16.2. The molecule has 2 aliphatic rings. The molecule has 0 radical (unpaired) electrons. The van der Waals surface area contributed by atoms with Crippen LogP contribution in [-0.2, 0) is 19.2 Å². The van der Waals surface area contributed by atoms with E-state index in [-0.39, 0.29) is 0 Å². The lowest BCUT2D eigenvalue weighted by molar-refractivity contribution is -0.153. The summed E-state index contributed by atoms with van der Waals surface area (Å²) in [6, 6.07) is 0. The number of carbonyl (C=O) groups excluding carboxylic acids is 4. The van der Waals surface area contributed by atoms with Crippen molar-refractivity contribution in [2.75, 3.05) is 0 Å². The molecule has 22 heavy (non-hydrogen) atoms. The normalized spacial score (nSPS) is 19.7. The fourth-order valence-electron chi connectivity index (χ4n) is 2.72. The lowest BCUT2D eigenvalue weighted by atomic mass is 10.2. The smallest absolute Gasteiger partial charge is 0.258 e. The Morgan fingerprint density at radius 3 is 1.18 bits per heavy atom. The van der Waals surface area contributed by atoms with Crippen molar-refractivity contribution in [2.45, 2.75) is 53.6 Å². The molecule has 118 valence electrons. The molecule has 0 aliphatic carbocycles. The Hall–Kier alpha value is -2.24. The van der Waals surface area contributed by atoms with Crippen LogP contribution < -0.4 is 0 Å². The van der Waals surface area contributed by atoms with E-state index in [1.165, 1.54) is 0 Å². The van der Waals surface area contributed by atoms with E-state index in [9.17, 15) is 19.2 Å². The second-order valence-corrected chi connectivity index (χ2v) is 5.73. The second-order valence-electron chi connectivity index (χ2n) is 5.73. The molecule has 0 bridgehead atoms. The highest BCUT2D eigenvalue weighted by Crippen LogP contribution is 2.30. The zero-order chi connectivity index (χ0) is 16.8. The summed E-state index contributed by atoms with van der Waals surface area (Å²) < 4.78 is 0. The summed E-state index contributed by atoms with van der Waals surface area (Å²) in [6.07, 6.45) is 0.148. The summed E-state index contributed by atoms with van der Waals surface area (Å²) >= 11 is 0. The van der Waals surface area contributed by atoms with Crippen LogP contribution in [0.5, 0.6) is 0 Å². The Kier molecular flexibility index (Phi) is 4.04. The van der Waals surface area contributed by atoms with Gasteiger partial charge in [0.25, 0.3) is 23.6 Å². The second kappa shape index (κ2) is 5.51. The summed E-state index contributed by atoms with van der Waals surface area (Å²) in [6.45, 7) is 8.22.